The Balaban J connectivity index is 1.40. The van der Waals surface area contributed by atoms with Crippen molar-refractivity contribution in [1.29, 1.82) is 0 Å². The lowest BCUT2D eigenvalue weighted by atomic mass is 9.92. The Morgan fingerprint density at radius 1 is 0.400 bits per heavy atom. The summed E-state index contributed by atoms with van der Waals surface area (Å²) >= 11 is 0. The Labute approximate surface area is 257 Å². The highest BCUT2D eigenvalue weighted by Gasteiger charge is 2.21. The van der Waals surface area contributed by atoms with Gasteiger partial charge in [0.25, 0.3) is 0 Å². The molecule has 0 fully saturated rings. The first-order chi connectivity index (χ1) is 22.3. The first-order valence-corrected chi connectivity index (χ1v) is 15.2. The van der Waals surface area contributed by atoms with E-state index in [4.69, 9.17) is 15.0 Å². The van der Waals surface area contributed by atoms with Gasteiger partial charge in [-0.05, 0) is 56.6 Å². The molecule has 0 N–H and O–H groups in total. The third-order valence-electron chi connectivity index (χ3n) is 9.15. The highest BCUT2D eigenvalue weighted by Crippen LogP contribution is 2.41. The molecule has 3 aromatic heterocycles. The monoisotopic (exact) mass is 572 g/mol. The standard InChI is InChI=1S/C41H24N4/c1-2-12-25(13-3-1)40-43-38(26-22-23-31-29-16-5-4-14-27(29)28-15-6-7-17-30(28)33(31)24-26)37-32-18-8-10-20-35(32)45-36-21-11-9-19-34(36)42-41(45)39(37)44-40/h1-24H. The summed E-state index contributed by atoms with van der Waals surface area (Å²) in [5.74, 6) is 0.686. The zero-order valence-corrected chi connectivity index (χ0v) is 24.1. The molecule has 0 bridgehead atoms. The first-order valence-electron chi connectivity index (χ1n) is 15.2. The summed E-state index contributed by atoms with van der Waals surface area (Å²) in [6.45, 7) is 0. The molecule has 10 aromatic rings. The van der Waals surface area contributed by atoms with Gasteiger partial charge in [0.05, 0.1) is 22.2 Å². The lowest BCUT2D eigenvalue weighted by Gasteiger charge is -2.15. The molecule has 0 saturated carbocycles. The number of rotatable bonds is 2. The molecule has 0 spiro atoms. The number of para-hydroxylation sites is 3. The molecule has 4 heteroatoms. The van der Waals surface area contributed by atoms with Gasteiger partial charge in [0, 0.05) is 21.9 Å². The van der Waals surface area contributed by atoms with E-state index in [0.29, 0.717) is 5.82 Å². The molecule has 0 radical (unpaired) electrons. The number of aromatic nitrogens is 4. The summed E-state index contributed by atoms with van der Waals surface area (Å²) in [6, 6.07) is 51.3. The minimum atomic E-state index is 0.686. The van der Waals surface area contributed by atoms with E-state index in [9.17, 15) is 0 Å². The van der Waals surface area contributed by atoms with Gasteiger partial charge in [0.2, 0.25) is 0 Å². The van der Waals surface area contributed by atoms with Crippen LogP contribution < -0.4 is 0 Å². The van der Waals surface area contributed by atoms with Gasteiger partial charge in [0.15, 0.2) is 11.5 Å². The van der Waals surface area contributed by atoms with Gasteiger partial charge in [-0.25, -0.2) is 15.0 Å². The molecular weight excluding hydrogens is 548 g/mol. The first kappa shape index (κ1) is 24.3. The molecule has 208 valence electrons. The van der Waals surface area contributed by atoms with Crippen LogP contribution in [0.5, 0.6) is 0 Å². The molecule has 0 aliphatic heterocycles. The summed E-state index contributed by atoms with van der Waals surface area (Å²) in [5, 5.41) is 9.58. The van der Waals surface area contributed by atoms with Crippen LogP contribution in [0.15, 0.2) is 146 Å². The van der Waals surface area contributed by atoms with E-state index in [1.807, 2.05) is 24.3 Å². The van der Waals surface area contributed by atoms with Gasteiger partial charge in [0.1, 0.15) is 5.52 Å². The van der Waals surface area contributed by atoms with Gasteiger partial charge >= 0.3 is 0 Å². The molecule has 0 unspecified atom stereocenters. The molecule has 10 rings (SSSR count). The van der Waals surface area contributed by atoms with Crippen LogP contribution >= 0.6 is 0 Å². The molecule has 0 atom stereocenters. The Hall–Kier alpha value is -6.13. The van der Waals surface area contributed by atoms with E-state index in [2.05, 4.69) is 126 Å². The maximum Gasteiger partial charge on any atom is 0.165 e. The predicted octanol–water partition coefficient (Wildman–Crippen LogP) is 10.4. The fourth-order valence-corrected chi connectivity index (χ4v) is 7.17. The van der Waals surface area contributed by atoms with Crippen LogP contribution in [-0.2, 0) is 0 Å². The van der Waals surface area contributed by atoms with Gasteiger partial charge in [-0.3, -0.25) is 4.40 Å². The van der Waals surface area contributed by atoms with Crippen molar-refractivity contribution in [3.8, 4) is 22.6 Å². The number of benzene rings is 7. The Kier molecular flexibility index (Phi) is 4.96. The van der Waals surface area contributed by atoms with E-state index in [1.165, 1.54) is 32.3 Å². The van der Waals surface area contributed by atoms with Gasteiger partial charge in [-0.1, -0.05) is 121 Å². The topological polar surface area (TPSA) is 43.1 Å². The van der Waals surface area contributed by atoms with E-state index in [0.717, 1.165) is 55.3 Å². The molecule has 3 heterocycles. The number of hydrogen-bond acceptors (Lipinski definition) is 3. The van der Waals surface area contributed by atoms with Crippen molar-refractivity contribution in [3.05, 3.63) is 146 Å². The maximum atomic E-state index is 5.35. The van der Waals surface area contributed by atoms with Crippen LogP contribution in [0.1, 0.15) is 0 Å². The van der Waals surface area contributed by atoms with Gasteiger partial charge in [-0.2, -0.15) is 0 Å². The summed E-state index contributed by atoms with van der Waals surface area (Å²) in [5.41, 5.74) is 7.71. The van der Waals surface area contributed by atoms with E-state index >= 15 is 0 Å². The summed E-state index contributed by atoms with van der Waals surface area (Å²) in [4.78, 5) is 15.8. The smallest absolute Gasteiger partial charge is 0.165 e. The molecule has 7 aromatic carbocycles. The lowest BCUT2D eigenvalue weighted by Crippen LogP contribution is -2.00. The molecule has 0 aliphatic rings. The Morgan fingerprint density at radius 2 is 0.978 bits per heavy atom. The zero-order chi connectivity index (χ0) is 29.5. The minimum absolute atomic E-state index is 0.686. The highest BCUT2D eigenvalue weighted by atomic mass is 15.0. The summed E-state index contributed by atoms with van der Waals surface area (Å²) in [7, 11) is 0. The fraction of sp³-hybridized carbons (Fsp3) is 0. The maximum absolute atomic E-state index is 5.35. The third-order valence-corrected chi connectivity index (χ3v) is 9.15. The number of hydrogen-bond donors (Lipinski definition) is 0. The predicted molar refractivity (Wildman–Crippen MR) is 187 cm³/mol. The normalized spacial score (nSPS) is 12.0. The third kappa shape index (κ3) is 3.45. The molecule has 0 aliphatic carbocycles. The summed E-state index contributed by atoms with van der Waals surface area (Å²) < 4.78 is 2.25. The SMILES string of the molecule is c1ccc(-c2nc(-c3ccc4c5ccccc5c5ccccc5c4c3)c3c4ccccc4n4c5ccccc5nc4c3n2)cc1. The van der Waals surface area contributed by atoms with Crippen LogP contribution in [0.25, 0.3) is 93.4 Å². The Morgan fingerprint density at radius 3 is 1.71 bits per heavy atom. The summed E-state index contributed by atoms with van der Waals surface area (Å²) in [6.07, 6.45) is 0. The van der Waals surface area contributed by atoms with Crippen molar-refractivity contribution < 1.29 is 0 Å². The van der Waals surface area contributed by atoms with Crippen molar-refractivity contribution in [2.45, 2.75) is 0 Å². The molecule has 45 heavy (non-hydrogen) atoms. The second kappa shape index (κ2) is 9.18. The molecule has 4 nitrogen and oxygen atoms in total. The quantitative estimate of drug-likeness (QED) is 0.194. The van der Waals surface area contributed by atoms with Crippen molar-refractivity contribution in [2.24, 2.45) is 0 Å². The lowest BCUT2D eigenvalue weighted by molar-refractivity contribution is 1.21. The second-order valence-electron chi connectivity index (χ2n) is 11.6. The van der Waals surface area contributed by atoms with Crippen molar-refractivity contribution in [1.82, 2.24) is 19.4 Å². The van der Waals surface area contributed by atoms with E-state index in [1.54, 1.807) is 0 Å². The number of imidazole rings is 1. The van der Waals surface area contributed by atoms with E-state index < -0.39 is 0 Å². The van der Waals surface area contributed by atoms with Crippen LogP contribution in [-0.4, -0.2) is 19.4 Å². The number of nitrogens with zero attached hydrogens (tertiary/aromatic N) is 4. The highest BCUT2D eigenvalue weighted by molar-refractivity contribution is 6.26. The largest absolute Gasteiger partial charge is 0.290 e. The molecular formula is C41H24N4. The Bertz CT molecular complexity index is 2780. The second-order valence-corrected chi connectivity index (χ2v) is 11.6. The number of pyridine rings is 1. The number of fused-ring (bicyclic) bond motifs is 14. The minimum Gasteiger partial charge on any atom is -0.290 e. The van der Waals surface area contributed by atoms with Crippen LogP contribution in [0.4, 0.5) is 0 Å². The van der Waals surface area contributed by atoms with Gasteiger partial charge < -0.3 is 0 Å². The van der Waals surface area contributed by atoms with Crippen LogP contribution in [0.2, 0.25) is 0 Å². The fourth-order valence-electron chi connectivity index (χ4n) is 7.17. The molecule has 0 amide bonds. The zero-order valence-electron chi connectivity index (χ0n) is 24.1. The van der Waals surface area contributed by atoms with Gasteiger partial charge in [-0.15, -0.1) is 0 Å². The van der Waals surface area contributed by atoms with Crippen LogP contribution in [0.3, 0.4) is 0 Å². The van der Waals surface area contributed by atoms with Crippen molar-refractivity contribution >= 4 is 70.8 Å². The van der Waals surface area contributed by atoms with Crippen molar-refractivity contribution in [3.63, 3.8) is 0 Å². The van der Waals surface area contributed by atoms with Crippen LogP contribution in [0, 0.1) is 0 Å². The average molecular weight is 573 g/mol. The van der Waals surface area contributed by atoms with E-state index in [-0.39, 0.29) is 0 Å². The average Bonchev–Trinajstić information content (AvgIpc) is 3.52. The van der Waals surface area contributed by atoms with Crippen molar-refractivity contribution in [2.75, 3.05) is 0 Å². The molecule has 0 saturated heterocycles.